The van der Waals surface area contributed by atoms with E-state index in [1.54, 1.807) is 12.1 Å². The van der Waals surface area contributed by atoms with E-state index in [9.17, 15) is 4.79 Å². The summed E-state index contributed by atoms with van der Waals surface area (Å²) in [4.78, 5) is 21.5. The fraction of sp³-hybridized carbons (Fsp3) is 0.500. The molecule has 0 aliphatic carbocycles. The maximum Gasteiger partial charge on any atom is 0.373 e. The summed E-state index contributed by atoms with van der Waals surface area (Å²) in [6.07, 6.45) is 6.28. The molecule has 0 aliphatic heterocycles. The molecule has 0 N–H and O–H groups in total. The van der Waals surface area contributed by atoms with Crippen molar-refractivity contribution in [1.82, 2.24) is 0 Å². The van der Waals surface area contributed by atoms with Crippen molar-refractivity contribution in [3.05, 3.63) is 41.5 Å². The zero-order valence-corrected chi connectivity index (χ0v) is 12.1. The zero-order valence-electron chi connectivity index (χ0n) is 12.1. The van der Waals surface area contributed by atoms with Gasteiger partial charge in [-0.15, -0.1) is 0 Å². The lowest BCUT2D eigenvalue weighted by Gasteiger charge is -2.10. The third-order valence-electron chi connectivity index (χ3n) is 2.93. The van der Waals surface area contributed by atoms with Crippen molar-refractivity contribution in [2.75, 3.05) is 0 Å². The van der Waals surface area contributed by atoms with Crippen LogP contribution in [0, 0.1) is 13.0 Å². The molecule has 1 aromatic rings. The van der Waals surface area contributed by atoms with Crippen LogP contribution in [0.4, 0.5) is 0 Å². The number of unbranched alkanes of at least 4 members (excludes halogenated alkanes) is 3. The Morgan fingerprint density at radius 3 is 2.37 bits per heavy atom. The van der Waals surface area contributed by atoms with Crippen LogP contribution in [0.15, 0.2) is 24.3 Å². The van der Waals surface area contributed by atoms with Crippen molar-refractivity contribution in [3.8, 4) is 0 Å². The van der Waals surface area contributed by atoms with Gasteiger partial charge in [0, 0.05) is 0 Å². The van der Waals surface area contributed by atoms with E-state index in [1.807, 2.05) is 26.0 Å². The van der Waals surface area contributed by atoms with Gasteiger partial charge in [0.05, 0.1) is 5.56 Å². The van der Waals surface area contributed by atoms with Crippen LogP contribution in [0.5, 0.6) is 0 Å². The summed E-state index contributed by atoms with van der Waals surface area (Å²) in [5.41, 5.74) is 1.61. The first-order valence-electron chi connectivity index (χ1n) is 6.91. The van der Waals surface area contributed by atoms with Gasteiger partial charge in [0.2, 0.25) is 0 Å². The maximum absolute atomic E-state index is 11.7. The van der Waals surface area contributed by atoms with E-state index in [4.69, 9.17) is 9.78 Å². The van der Waals surface area contributed by atoms with Gasteiger partial charge in [-0.3, -0.25) is 4.89 Å². The lowest BCUT2D eigenvalue weighted by atomic mass is 10.1. The summed E-state index contributed by atoms with van der Waals surface area (Å²) in [7, 11) is 0. The highest BCUT2D eigenvalue weighted by Crippen LogP contribution is 2.15. The predicted molar refractivity (Wildman–Crippen MR) is 75.4 cm³/mol. The van der Waals surface area contributed by atoms with Crippen molar-refractivity contribution in [2.45, 2.75) is 52.9 Å². The second kappa shape index (κ2) is 8.70. The van der Waals surface area contributed by atoms with Gasteiger partial charge in [0.1, 0.15) is 6.10 Å². The Hall–Kier alpha value is -1.35. The quantitative estimate of drug-likeness (QED) is 0.390. The Morgan fingerprint density at radius 2 is 1.74 bits per heavy atom. The smallest absolute Gasteiger partial charge is 0.292 e. The summed E-state index contributed by atoms with van der Waals surface area (Å²) in [5.74, 6) is -0.451. The fourth-order valence-electron chi connectivity index (χ4n) is 1.69. The van der Waals surface area contributed by atoms with E-state index < -0.39 is 5.97 Å². The fourth-order valence-corrected chi connectivity index (χ4v) is 1.69. The van der Waals surface area contributed by atoms with Crippen LogP contribution in [-0.4, -0.2) is 5.97 Å². The Labute approximate surface area is 115 Å². The Kier molecular flexibility index (Phi) is 7.19. The molecule has 0 fully saturated rings. The van der Waals surface area contributed by atoms with Crippen molar-refractivity contribution < 1.29 is 14.6 Å². The van der Waals surface area contributed by atoms with Gasteiger partial charge in [-0.05, 0) is 32.4 Å². The molecule has 0 aliphatic rings. The van der Waals surface area contributed by atoms with E-state index in [0.29, 0.717) is 5.56 Å². The summed E-state index contributed by atoms with van der Waals surface area (Å²) >= 11 is 0. The molecule has 0 saturated carbocycles. The van der Waals surface area contributed by atoms with Gasteiger partial charge in [-0.1, -0.05) is 50.3 Å². The van der Waals surface area contributed by atoms with Gasteiger partial charge >= 0.3 is 5.97 Å². The first-order chi connectivity index (χ1) is 9.13. The topological polar surface area (TPSA) is 35.5 Å². The highest BCUT2D eigenvalue weighted by Gasteiger charge is 2.11. The lowest BCUT2D eigenvalue weighted by Crippen LogP contribution is -2.08. The maximum atomic E-state index is 11.7. The van der Waals surface area contributed by atoms with Crippen LogP contribution >= 0.6 is 0 Å². The van der Waals surface area contributed by atoms with Crippen molar-refractivity contribution in [3.63, 3.8) is 0 Å². The summed E-state index contributed by atoms with van der Waals surface area (Å²) in [6, 6.07) is 7.21. The first-order valence-corrected chi connectivity index (χ1v) is 6.91. The second-order valence-electron chi connectivity index (χ2n) is 4.83. The lowest BCUT2D eigenvalue weighted by molar-refractivity contribution is -0.233. The molecule has 0 atom stereocenters. The highest BCUT2D eigenvalue weighted by molar-refractivity contribution is 5.88. The van der Waals surface area contributed by atoms with Crippen LogP contribution < -0.4 is 0 Å². The van der Waals surface area contributed by atoms with Crippen LogP contribution in [0.25, 0.3) is 0 Å². The average molecular weight is 263 g/mol. The summed E-state index contributed by atoms with van der Waals surface area (Å²) in [6.45, 7) is 5.99. The van der Waals surface area contributed by atoms with Crippen molar-refractivity contribution in [2.24, 2.45) is 0 Å². The molecular formula is C16H23O3. The minimum absolute atomic E-state index is 0.451. The minimum atomic E-state index is -0.451. The van der Waals surface area contributed by atoms with Gasteiger partial charge in [0.25, 0.3) is 0 Å². The molecule has 1 aromatic carbocycles. The number of carbonyl (C=O) groups excluding carboxylic acids is 1. The van der Waals surface area contributed by atoms with E-state index in [0.717, 1.165) is 24.5 Å². The van der Waals surface area contributed by atoms with E-state index in [1.165, 1.54) is 19.3 Å². The molecule has 105 valence electrons. The normalized spacial score (nSPS) is 10.7. The number of carbonyl (C=O) groups is 1. The first kappa shape index (κ1) is 15.7. The molecule has 0 amide bonds. The standard InChI is InChI=1S/C16H23O3/c1-4-5-6-7-8-14(3)18-19-16(17)15-11-9-13(2)10-12-15/h9-12H,4-8H2,1-3H3. The van der Waals surface area contributed by atoms with Gasteiger partial charge in [0.15, 0.2) is 0 Å². The summed E-state index contributed by atoms with van der Waals surface area (Å²) in [5, 5.41) is 0. The van der Waals surface area contributed by atoms with Crippen LogP contribution in [0.1, 0.15) is 61.9 Å². The third kappa shape index (κ3) is 6.39. The SMILES string of the molecule is CCCCCC[C](C)OOC(=O)c1ccc(C)cc1. The second-order valence-corrected chi connectivity index (χ2v) is 4.83. The van der Waals surface area contributed by atoms with Crippen molar-refractivity contribution in [1.29, 1.82) is 0 Å². The molecule has 0 saturated heterocycles. The number of benzene rings is 1. The average Bonchev–Trinajstić information content (AvgIpc) is 2.42. The third-order valence-corrected chi connectivity index (χ3v) is 2.93. The molecule has 0 bridgehead atoms. The zero-order chi connectivity index (χ0) is 14.1. The number of hydrogen-bond donors (Lipinski definition) is 0. The van der Waals surface area contributed by atoms with Gasteiger partial charge < -0.3 is 0 Å². The molecule has 0 unspecified atom stereocenters. The molecular weight excluding hydrogens is 240 g/mol. The summed E-state index contributed by atoms with van der Waals surface area (Å²) < 4.78 is 0. The Morgan fingerprint density at radius 1 is 1.05 bits per heavy atom. The predicted octanol–water partition coefficient (Wildman–Crippen LogP) is 4.61. The molecule has 1 rings (SSSR count). The molecule has 19 heavy (non-hydrogen) atoms. The monoisotopic (exact) mass is 263 g/mol. The number of aryl methyl sites for hydroxylation is 1. The minimum Gasteiger partial charge on any atom is -0.292 e. The molecule has 0 spiro atoms. The molecule has 0 aromatic heterocycles. The molecule has 3 nitrogen and oxygen atoms in total. The highest BCUT2D eigenvalue weighted by atomic mass is 17.2. The van der Waals surface area contributed by atoms with Crippen LogP contribution in [0.3, 0.4) is 0 Å². The van der Waals surface area contributed by atoms with E-state index >= 15 is 0 Å². The Balaban J connectivity index is 2.24. The van der Waals surface area contributed by atoms with E-state index in [-0.39, 0.29) is 0 Å². The molecule has 3 heteroatoms. The number of hydrogen-bond acceptors (Lipinski definition) is 3. The largest absolute Gasteiger partial charge is 0.373 e. The van der Waals surface area contributed by atoms with Crippen LogP contribution in [0.2, 0.25) is 0 Å². The number of rotatable bonds is 8. The molecule has 0 heterocycles. The van der Waals surface area contributed by atoms with Gasteiger partial charge in [-0.25, -0.2) is 4.79 Å². The van der Waals surface area contributed by atoms with E-state index in [2.05, 4.69) is 6.92 Å². The Bertz CT molecular complexity index is 370. The van der Waals surface area contributed by atoms with Gasteiger partial charge in [-0.2, -0.15) is 4.89 Å². The molecule has 1 radical (unpaired) electrons. The van der Waals surface area contributed by atoms with Crippen molar-refractivity contribution >= 4 is 5.97 Å². The van der Waals surface area contributed by atoms with Crippen LogP contribution in [-0.2, 0) is 9.78 Å².